The fourth-order valence-electron chi connectivity index (χ4n) is 8.24. The van der Waals surface area contributed by atoms with E-state index in [-0.39, 0.29) is 46.2 Å². The predicted octanol–water partition coefficient (Wildman–Crippen LogP) is 6.39. The average molecular weight is 943 g/mol. The van der Waals surface area contributed by atoms with Crippen LogP contribution in [0.5, 0.6) is 0 Å². The van der Waals surface area contributed by atoms with Crippen LogP contribution in [0.1, 0.15) is 56.9 Å². The van der Waals surface area contributed by atoms with Gasteiger partial charge in [0.2, 0.25) is 0 Å². The zero-order chi connectivity index (χ0) is 47.9. The van der Waals surface area contributed by atoms with Gasteiger partial charge in [0.25, 0.3) is 0 Å². The summed E-state index contributed by atoms with van der Waals surface area (Å²) >= 11 is 0. The molecule has 0 unspecified atom stereocenters. The SMILES string of the molecule is CC(=O)O[C@H]1[C@@H](OC(C)=O)[C@@H](CO[C@H]2O[C@H](COCc3ccccc3)[C@H](OCc3ccccc3)[C@H](OCc3ccccc3)[C@H]2OCc2ccccc2)O[C@@H](OC[C@H]2COC(C)(C)O2)[C@@H]1OC(C)=O. The topological polar surface area (TPSA) is 171 Å². The standard InChI is InChI=1S/C52H62O16/c1-34(53)63-45-43(67-51(60-30-41-31-62-52(4,5)68-41)49(65-36(3)55)47(45)64-35(2)54)33-61-50-48(59-29-40-24-16-9-17-25-40)46(58-28-39-22-14-8-15-23-39)44(57-27-38-20-12-7-13-21-38)42(66-50)32-56-26-37-18-10-6-11-19-37/h6-25,41-51H,26-33H2,1-5H3/t41-,42+,43+,44-,45-,46-,47-,48+,49+,50-,51+/m0/s1. The molecule has 3 fully saturated rings. The first kappa shape index (κ1) is 50.8. The molecular weight excluding hydrogens is 881 g/mol. The molecule has 0 spiro atoms. The van der Waals surface area contributed by atoms with Crippen LogP contribution >= 0.6 is 0 Å². The van der Waals surface area contributed by atoms with Crippen LogP contribution in [0, 0.1) is 0 Å². The Balaban J connectivity index is 1.22. The molecular formula is C52H62O16. The first-order valence-corrected chi connectivity index (χ1v) is 22.9. The van der Waals surface area contributed by atoms with Gasteiger partial charge in [-0.25, -0.2) is 0 Å². The van der Waals surface area contributed by atoms with E-state index in [0.717, 1.165) is 22.3 Å². The molecule has 3 aliphatic heterocycles. The third-order valence-corrected chi connectivity index (χ3v) is 11.3. The van der Waals surface area contributed by atoms with E-state index in [0.29, 0.717) is 6.61 Å². The highest BCUT2D eigenvalue weighted by molar-refractivity contribution is 5.68. The molecule has 0 amide bonds. The smallest absolute Gasteiger partial charge is 0.303 e. The van der Waals surface area contributed by atoms with Gasteiger partial charge in [0, 0.05) is 20.8 Å². The number of hydrogen-bond donors (Lipinski definition) is 0. The Hall–Kier alpha value is -5.11. The minimum absolute atomic E-state index is 0.0545. The van der Waals surface area contributed by atoms with Crippen LogP contribution in [0.2, 0.25) is 0 Å². The second-order valence-electron chi connectivity index (χ2n) is 17.2. The zero-order valence-electron chi connectivity index (χ0n) is 39.1. The number of hydrogen-bond acceptors (Lipinski definition) is 16. The van der Waals surface area contributed by atoms with Crippen LogP contribution in [-0.4, -0.2) is 118 Å². The number of carbonyl (C=O) groups is 3. The fraction of sp³-hybridized carbons (Fsp3) is 0.481. The van der Waals surface area contributed by atoms with Crippen molar-refractivity contribution in [1.29, 1.82) is 0 Å². The third-order valence-electron chi connectivity index (χ3n) is 11.3. The van der Waals surface area contributed by atoms with Gasteiger partial charge < -0.3 is 61.6 Å². The van der Waals surface area contributed by atoms with Crippen LogP contribution in [-0.2, 0) is 102 Å². The molecule has 4 aromatic carbocycles. The highest BCUT2D eigenvalue weighted by Crippen LogP contribution is 2.35. The summed E-state index contributed by atoms with van der Waals surface area (Å²) in [6.45, 7) is 7.89. The molecule has 7 rings (SSSR count). The third kappa shape index (κ3) is 14.9. The molecule has 11 atom stereocenters. The lowest BCUT2D eigenvalue weighted by Gasteiger charge is -2.47. The van der Waals surface area contributed by atoms with E-state index in [1.165, 1.54) is 20.8 Å². The number of ether oxygens (including phenoxy) is 13. The number of benzene rings is 4. The van der Waals surface area contributed by atoms with Gasteiger partial charge >= 0.3 is 17.9 Å². The quantitative estimate of drug-likeness (QED) is 0.0627. The first-order valence-electron chi connectivity index (χ1n) is 22.9. The van der Waals surface area contributed by atoms with Crippen molar-refractivity contribution in [2.24, 2.45) is 0 Å². The molecule has 0 bridgehead atoms. The summed E-state index contributed by atoms with van der Waals surface area (Å²) in [5.74, 6) is -3.03. The Bertz CT molecular complexity index is 2140. The zero-order valence-corrected chi connectivity index (χ0v) is 39.1. The predicted molar refractivity (Wildman–Crippen MR) is 242 cm³/mol. The molecule has 0 saturated carbocycles. The second-order valence-corrected chi connectivity index (χ2v) is 17.2. The van der Waals surface area contributed by atoms with Gasteiger partial charge in [-0.05, 0) is 36.1 Å². The van der Waals surface area contributed by atoms with E-state index in [4.69, 9.17) is 61.6 Å². The van der Waals surface area contributed by atoms with Gasteiger partial charge in [-0.1, -0.05) is 121 Å². The average Bonchev–Trinajstić information content (AvgIpc) is 3.68. The van der Waals surface area contributed by atoms with E-state index in [9.17, 15) is 14.4 Å². The lowest BCUT2D eigenvalue weighted by Crippen LogP contribution is -2.64. The maximum Gasteiger partial charge on any atom is 0.303 e. The molecule has 16 nitrogen and oxygen atoms in total. The highest BCUT2D eigenvalue weighted by atomic mass is 16.8. The summed E-state index contributed by atoms with van der Waals surface area (Å²) in [6, 6.07) is 38.9. The Morgan fingerprint density at radius 2 is 0.882 bits per heavy atom. The van der Waals surface area contributed by atoms with E-state index in [1.807, 2.05) is 121 Å². The van der Waals surface area contributed by atoms with E-state index < -0.39 is 91.2 Å². The highest BCUT2D eigenvalue weighted by Gasteiger charge is 2.54. The molecule has 4 aromatic rings. The van der Waals surface area contributed by atoms with Crippen molar-refractivity contribution in [3.8, 4) is 0 Å². The Morgan fingerprint density at radius 3 is 1.37 bits per heavy atom. The maximum atomic E-state index is 12.8. The minimum atomic E-state index is -1.39. The maximum absolute atomic E-state index is 12.8. The fourth-order valence-corrected chi connectivity index (χ4v) is 8.24. The summed E-state index contributed by atoms with van der Waals surface area (Å²) < 4.78 is 82.1. The summed E-state index contributed by atoms with van der Waals surface area (Å²) in [7, 11) is 0. The van der Waals surface area contributed by atoms with Crippen LogP contribution in [0.25, 0.3) is 0 Å². The molecule has 0 aromatic heterocycles. The summed E-state index contributed by atoms with van der Waals surface area (Å²) in [5.41, 5.74) is 3.70. The second kappa shape index (κ2) is 25.0. The number of esters is 3. The molecule has 16 heteroatoms. The van der Waals surface area contributed by atoms with Crippen LogP contribution in [0.15, 0.2) is 121 Å². The van der Waals surface area contributed by atoms with Gasteiger partial charge in [-0.15, -0.1) is 0 Å². The van der Waals surface area contributed by atoms with Crippen molar-refractivity contribution in [2.45, 2.75) is 134 Å². The lowest BCUT2D eigenvalue weighted by atomic mass is 9.97. The van der Waals surface area contributed by atoms with Crippen molar-refractivity contribution in [1.82, 2.24) is 0 Å². The van der Waals surface area contributed by atoms with E-state index in [1.54, 1.807) is 13.8 Å². The first-order chi connectivity index (χ1) is 32.9. The van der Waals surface area contributed by atoms with Gasteiger partial charge in [0.05, 0.1) is 52.9 Å². The summed E-state index contributed by atoms with van der Waals surface area (Å²) in [6.07, 6.45) is -11.7. The van der Waals surface area contributed by atoms with Crippen molar-refractivity contribution in [3.63, 3.8) is 0 Å². The normalized spacial score (nSPS) is 27.8. The molecule has 3 heterocycles. The van der Waals surface area contributed by atoms with Crippen LogP contribution in [0.4, 0.5) is 0 Å². The molecule has 3 saturated heterocycles. The van der Waals surface area contributed by atoms with Gasteiger partial charge in [0.1, 0.15) is 36.6 Å². The minimum Gasteiger partial charge on any atom is -0.456 e. The molecule has 3 aliphatic rings. The van der Waals surface area contributed by atoms with Gasteiger partial charge in [-0.2, -0.15) is 0 Å². The van der Waals surface area contributed by atoms with Crippen molar-refractivity contribution < 1.29 is 76.0 Å². The van der Waals surface area contributed by atoms with Gasteiger partial charge in [-0.3, -0.25) is 14.4 Å². The molecule has 366 valence electrons. The summed E-state index contributed by atoms with van der Waals surface area (Å²) in [5, 5.41) is 0. The van der Waals surface area contributed by atoms with E-state index in [2.05, 4.69) is 0 Å². The van der Waals surface area contributed by atoms with Crippen molar-refractivity contribution in [3.05, 3.63) is 144 Å². The molecule has 0 radical (unpaired) electrons. The number of carbonyl (C=O) groups excluding carboxylic acids is 3. The van der Waals surface area contributed by atoms with Crippen LogP contribution in [0.3, 0.4) is 0 Å². The lowest BCUT2D eigenvalue weighted by molar-refractivity contribution is -0.346. The van der Waals surface area contributed by atoms with Crippen molar-refractivity contribution >= 4 is 17.9 Å². The Labute approximate surface area is 397 Å². The molecule has 0 N–H and O–H groups in total. The Morgan fingerprint density at radius 1 is 0.471 bits per heavy atom. The summed E-state index contributed by atoms with van der Waals surface area (Å²) in [4.78, 5) is 38.1. The largest absolute Gasteiger partial charge is 0.456 e. The Kier molecular flexibility index (Phi) is 18.6. The number of rotatable bonds is 22. The molecule has 0 aliphatic carbocycles. The monoisotopic (exact) mass is 942 g/mol. The van der Waals surface area contributed by atoms with Crippen molar-refractivity contribution in [2.75, 3.05) is 26.4 Å². The van der Waals surface area contributed by atoms with E-state index >= 15 is 0 Å². The molecule has 68 heavy (non-hydrogen) atoms. The van der Waals surface area contributed by atoms with Gasteiger partial charge in [0.15, 0.2) is 36.7 Å². The van der Waals surface area contributed by atoms with Crippen LogP contribution < -0.4 is 0 Å².